The van der Waals surface area contributed by atoms with E-state index in [4.69, 9.17) is 5.73 Å². The van der Waals surface area contributed by atoms with Crippen molar-refractivity contribution in [2.75, 3.05) is 6.54 Å². The summed E-state index contributed by atoms with van der Waals surface area (Å²) >= 11 is 0. The summed E-state index contributed by atoms with van der Waals surface area (Å²) in [6, 6.07) is 1.76. The highest BCUT2D eigenvalue weighted by atomic mass is 19.2. The minimum absolute atomic E-state index is 0.0137. The molecule has 2 aliphatic rings. The van der Waals surface area contributed by atoms with Gasteiger partial charge in [-0.3, -0.25) is 4.79 Å². The van der Waals surface area contributed by atoms with Crippen LogP contribution in [0.3, 0.4) is 0 Å². The predicted molar refractivity (Wildman–Crippen MR) is 87.6 cm³/mol. The second-order valence-electron chi connectivity index (χ2n) is 6.18. The van der Waals surface area contributed by atoms with Crippen molar-refractivity contribution in [3.8, 4) is 0 Å². The highest BCUT2D eigenvalue weighted by Crippen LogP contribution is 2.34. The lowest BCUT2D eigenvalue weighted by Gasteiger charge is -2.30. The van der Waals surface area contributed by atoms with Gasteiger partial charge < -0.3 is 23.3 Å². The number of hydrogen-bond donors (Lipinski definition) is 1. The van der Waals surface area contributed by atoms with Crippen molar-refractivity contribution in [3.63, 3.8) is 0 Å². The van der Waals surface area contributed by atoms with Crippen molar-refractivity contribution in [2.24, 2.45) is 5.73 Å². The lowest BCUT2D eigenvalue weighted by molar-refractivity contribution is -0.362. The topological polar surface area (TPSA) is 51.0 Å². The van der Waals surface area contributed by atoms with Gasteiger partial charge in [0.05, 0.1) is 6.42 Å². The molecular formula is C16H20BF2N3O. The fraction of sp³-hybridized carbons (Fsp3) is 0.375. The van der Waals surface area contributed by atoms with Crippen LogP contribution in [0.2, 0.25) is 0 Å². The smallest absolute Gasteiger partial charge is 0.394 e. The first-order valence-corrected chi connectivity index (χ1v) is 7.84. The second kappa shape index (κ2) is 5.56. The molecule has 0 radical (unpaired) electrons. The second-order valence-corrected chi connectivity index (χ2v) is 6.18. The number of carbonyl (C=O) groups excluding carboxylic acids is 1. The molecule has 0 fully saturated rings. The third-order valence-electron chi connectivity index (χ3n) is 4.45. The monoisotopic (exact) mass is 319 g/mol. The first-order chi connectivity index (χ1) is 10.9. The molecule has 0 saturated heterocycles. The number of aromatic nitrogens is 1. The van der Waals surface area contributed by atoms with Crippen LogP contribution in [0.25, 0.3) is 6.08 Å². The van der Waals surface area contributed by atoms with Gasteiger partial charge in [0.25, 0.3) is 0 Å². The largest absolute Gasteiger partial charge is 0.737 e. The van der Waals surface area contributed by atoms with Gasteiger partial charge in [0, 0.05) is 30.3 Å². The van der Waals surface area contributed by atoms with Gasteiger partial charge in [0.1, 0.15) is 11.5 Å². The average molecular weight is 319 g/mol. The van der Waals surface area contributed by atoms with Crippen LogP contribution in [-0.4, -0.2) is 34.0 Å². The molecule has 3 heterocycles. The zero-order chi connectivity index (χ0) is 16.8. The van der Waals surface area contributed by atoms with Gasteiger partial charge in [0.2, 0.25) is 0 Å². The average Bonchev–Trinajstić information content (AvgIpc) is 2.99. The number of carbonyl (C=O) groups is 1. The maximum Gasteiger partial charge on any atom is 0.737 e. The van der Waals surface area contributed by atoms with E-state index < -0.39 is 6.97 Å². The van der Waals surface area contributed by atoms with E-state index >= 15 is 8.63 Å². The van der Waals surface area contributed by atoms with Crippen molar-refractivity contribution in [1.29, 1.82) is 0 Å². The Balaban J connectivity index is 2.02. The van der Waals surface area contributed by atoms with Crippen molar-refractivity contribution < 1.29 is 17.9 Å². The summed E-state index contributed by atoms with van der Waals surface area (Å²) in [4.78, 5) is 12.0. The summed E-state index contributed by atoms with van der Waals surface area (Å²) in [5, 5.41) is 0. The molecule has 0 saturated carbocycles. The summed E-state index contributed by atoms with van der Waals surface area (Å²) in [7, 11) is 0. The normalized spacial score (nSPS) is 18.0. The van der Waals surface area contributed by atoms with E-state index in [1.165, 1.54) is 0 Å². The van der Waals surface area contributed by atoms with Gasteiger partial charge in [0.15, 0.2) is 5.70 Å². The number of hydrogen-bond acceptors (Lipinski definition) is 2. The van der Waals surface area contributed by atoms with Crippen LogP contribution in [0.4, 0.5) is 8.63 Å². The predicted octanol–water partition coefficient (Wildman–Crippen LogP) is 2.40. The van der Waals surface area contributed by atoms with Gasteiger partial charge in [-0.1, -0.05) is 0 Å². The third-order valence-corrected chi connectivity index (χ3v) is 4.45. The molecule has 1 aromatic heterocycles. The van der Waals surface area contributed by atoms with E-state index in [9.17, 15) is 4.79 Å². The van der Waals surface area contributed by atoms with Gasteiger partial charge in [-0.25, -0.2) is 0 Å². The lowest BCUT2D eigenvalue weighted by Crippen LogP contribution is -2.50. The van der Waals surface area contributed by atoms with Crippen LogP contribution in [0.15, 0.2) is 23.9 Å². The number of halogens is 2. The number of fused-ring (bicyclic) bond motifs is 2. The Kier molecular flexibility index (Phi) is 3.84. The Bertz CT molecular complexity index is 775. The fourth-order valence-corrected chi connectivity index (χ4v) is 3.43. The third kappa shape index (κ3) is 2.49. The Morgan fingerprint density at radius 1 is 1.35 bits per heavy atom. The highest BCUT2D eigenvalue weighted by Gasteiger charge is 2.52. The number of allylic oxidation sites excluding steroid dienone is 2. The summed E-state index contributed by atoms with van der Waals surface area (Å²) in [6.45, 7) is -0.0445. The van der Waals surface area contributed by atoms with Crippen molar-refractivity contribution >= 4 is 24.5 Å². The molecule has 7 heteroatoms. The Morgan fingerprint density at radius 3 is 2.78 bits per heavy atom. The fourth-order valence-electron chi connectivity index (χ4n) is 3.43. The van der Waals surface area contributed by atoms with Crippen LogP contribution < -0.4 is 5.73 Å². The minimum atomic E-state index is -3.98. The molecule has 122 valence electrons. The van der Waals surface area contributed by atoms with E-state index in [0.29, 0.717) is 42.2 Å². The van der Waals surface area contributed by atoms with Crippen LogP contribution in [-0.2, 0) is 4.79 Å². The van der Waals surface area contributed by atoms with Crippen LogP contribution >= 0.6 is 0 Å². The molecule has 2 aliphatic heterocycles. The number of Topliss-reactive ketones (excluding diaryl/α,β-unsaturated/α-hetero) is 1. The maximum atomic E-state index is 15.1. The van der Waals surface area contributed by atoms with Crippen LogP contribution in [0.1, 0.15) is 36.2 Å². The summed E-state index contributed by atoms with van der Waals surface area (Å²) < 4.78 is 32.3. The zero-order valence-corrected chi connectivity index (χ0v) is 13.4. The molecule has 0 aromatic carbocycles. The summed E-state index contributed by atoms with van der Waals surface area (Å²) in [6.07, 6.45) is 5.97. The van der Waals surface area contributed by atoms with E-state index in [2.05, 4.69) is 0 Å². The first kappa shape index (κ1) is 15.9. The Morgan fingerprint density at radius 2 is 2.09 bits per heavy atom. The van der Waals surface area contributed by atoms with Gasteiger partial charge in [-0.05, 0) is 44.1 Å². The van der Waals surface area contributed by atoms with Crippen LogP contribution in [0.5, 0.6) is 0 Å². The zero-order valence-electron chi connectivity index (χ0n) is 13.4. The number of nitrogens with zero attached hydrogens (tertiary/aromatic N) is 2. The number of aryl methyl sites for hydroxylation is 2. The minimum Gasteiger partial charge on any atom is -0.394 e. The van der Waals surface area contributed by atoms with E-state index in [0.717, 1.165) is 14.5 Å². The quantitative estimate of drug-likeness (QED) is 0.848. The number of rotatable bonds is 5. The summed E-state index contributed by atoms with van der Waals surface area (Å²) in [5.41, 5.74) is 8.10. The first-order valence-electron chi connectivity index (χ1n) is 7.84. The number of nitrogens with two attached hydrogens (primary N) is 1. The van der Waals surface area contributed by atoms with Gasteiger partial charge >= 0.3 is 6.97 Å². The van der Waals surface area contributed by atoms with Crippen molar-refractivity contribution in [1.82, 2.24) is 4.48 Å². The van der Waals surface area contributed by atoms with E-state index in [-0.39, 0.29) is 12.2 Å². The van der Waals surface area contributed by atoms with Gasteiger partial charge in [-0.2, -0.15) is 0 Å². The molecule has 0 amide bonds. The molecule has 3 rings (SSSR count). The van der Waals surface area contributed by atoms with Gasteiger partial charge in [-0.15, -0.1) is 0 Å². The lowest BCUT2D eigenvalue weighted by atomic mass is 9.90. The van der Waals surface area contributed by atoms with E-state index in [1.807, 2.05) is 6.92 Å². The SMILES string of the molecule is Cc1cc(C)n2c1C=C1C=CC(CC(=O)CCCN)=[N+]1[B-]2(F)F. The molecule has 0 unspecified atom stereocenters. The van der Waals surface area contributed by atoms with Crippen molar-refractivity contribution in [3.05, 3.63) is 40.9 Å². The summed E-state index contributed by atoms with van der Waals surface area (Å²) in [5.74, 6) is -0.0610. The molecule has 23 heavy (non-hydrogen) atoms. The highest BCUT2D eigenvalue weighted by molar-refractivity contribution is 6.58. The van der Waals surface area contributed by atoms with Crippen molar-refractivity contribution in [2.45, 2.75) is 33.1 Å². The maximum absolute atomic E-state index is 15.1. The van der Waals surface area contributed by atoms with E-state index in [1.54, 1.807) is 31.2 Å². The Labute approximate surface area is 134 Å². The Hall–Kier alpha value is -2.02. The standard InChI is InChI=1S/C16H20BF2N3O/c1-11-8-12(2)21-16(11)10-14-6-5-13(22(14)17(21,18)19)9-15(23)4-3-7-20/h5-6,8,10H,3-4,7,9,20H2,1-2H3. The van der Waals surface area contributed by atoms with Crippen LogP contribution in [0, 0.1) is 13.8 Å². The molecule has 0 atom stereocenters. The molecule has 0 spiro atoms. The molecular weight excluding hydrogens is 299 g/mol. The molecule has 0 aliphatic carbocycles. The molecule has 1 aromatic rings. The molecule has 0 bridgehead atoms. The molecule has 2 N–H and O–H groups in total. The number of ketones is 1. The molecule has 4 nitrogen and oxygen atoms in total.